The summed E-state index contributed by atoms with van der Waals surface area (Å²) in [5.74, 6) is 0. The Kier molecular flexibility index (Phi) is 3.52. The van der Waals surface area contributed by atoms with Gasteiger partial charge in [-0.1, -0.05) is 29.8 Å². The number of aromatic nitrogens is 2. The molecule has 84 valence electrons. The van der Waals surface area contributed by atoms with Crippen LogP contribution in [0.4, 0.5) is 0 Å². The molecule has 16 heavy (non-hydrogen) atoms. The van der Waals surface area contributed by atoms with E-state index in [0.717, 1.165) is 16.1 Å². The average molecular weight is 255 g/mol. The van der Waals surface area contributed by atoms with Crippen LogP contribution in [0.5, 0.6) is 0 Å². The van der Waals surface area contributed by atoms with Gasteiger partial charge in [0.25, 0.3) is 0 Å². The third-order valence-electron chi connectivity index (χ3n) is 2.40. The molecule has 0 N–H and O–H groups in total. The molecule has 0 saturated heterocycles. The fourth-order valence-corrected chi connectivity index (χ4v) is 1.78. The second kappa shape index (κ2) is 4.89. The molecule has 0 bridgehead atoms. The van der Waals surface area contributed by atoms with Crippen molar-refractivity contribution in [1.82, 2.24) is 9.78 Å². The quantitative estimate of drug-likeness (QED) is 0.761. The molecule has 1 unspecified atom stereocenters. The second-order valence-electron chi connectivity index (χ2n) is 3.68. The molecule has 0 aliphatic rings. The van der Waals surface area contributed by atoms with Crippen LogP contribution in [0, 0.1) is 0 Å². The molecule has 4 heteroatoms. The molecule has 0 amide bonds. The fraction of sp³-hybridized carbons (Fsp3) is 0.250. The van der Waals surface area contributed by atoms with Crippen molar-refractivity contribution < 1.29 is 0 Å². The highest BCUT2D eigenvalue weighted by atomic mass is 35.5. The Balaban J connectivity index is 2.18. The average Bonchev–Trinajstić information content (AvgIpc) is 2.70. The van der Waals surface area contributed by atoms with Gasteiger partial charge in [0.15, 0.2) is 0 Å². The number of benzene rings is 1. The van der Waals surface area contributed by atoms with Crippen LogP contribution in [0.15, 0.2) is 36.7 Å². The molecular formula is C12H12Cl2N2. The third kappa shape index (κ3) is 2.57. The van der Waals surface area contributed by atoms with Gasteiger partial charge in [-0.3, -0.25) is 4.68 Å². The molecular weight excluding hydrogens is 243 g/mol. The summed E-state index contributed by atoms with van der Waals surface area (Å²) in [5.41, 5.74) is 2.08. The number of hydrogen-bond acceptors (Lipinski definition) is 1. The van der Waals surface area contributed by atoms with Gasteiger partial charge in [0.1, 0.15) is 0 Å². The van der Waals surface area contributed by atoms with Crippen molar-refractivity contribution in [2.45, 2.75) is 18.8 Å². The first-order chi connectivity index (χ1) is 7.66. The highest BCUT2D eigenvalue weighted by Gasteiger charge is 2.05. The van der Waals surface area contributed by atoms with E-state index in [2.05, 4.69) is 5.10 Å². The van der Waals surface area contributed by atoms with Crippen molar-refractivity contribution in [3.63, 3.8) is 0 Å². The molecule has 0 radical (unpaired) electrons. The molecule has 0 saturated carbocycles. The van der Waals surface area contributed by atoms with E-state index in [4.69, 9.17) is 23.2 Å². The van der Waals surface area contributed by atoms with E-state index in [9.17, 15) is 0 Å². The van der Waals surface area contributed by atoms with E-state index in [1.54, 1.807) is 6.20 Å². The van der Waals surface area contributed by atoms with E-state index in [0.29, 0.717) is 6.54 Å². The van der Waals surface area contributed by atoms with Crippen LogP contribution in [0.1, 0.15) is 23.4 Å². The summed E-state index contributed by atoms with van der Waals surface area (Å²) < 4.78 is 1.84. The Labute approximate surface area is 105 Å². The monoisotopic (exact) mass is 254 g/mol. The molecule has 0 spiro atoms. The molecule has 0 aliphatic carbocycles. The van der Waals surface area contributed by atoms with Gasteiger partial charge < -0.3 is 0 Å². The van der Waals surface area contributed by atoms with Crippen LogP contribution in [-0.4, -0.2) is 9.78 Å². The number of rotatable bonds is 3. The topological polar surface area (TPSA) is 17.8 Å². The molecule has 1 heterocycles. The Bertz CT molecular complexity index is 477. The van der Waals surface area contributed by atoms with Crippen LogP contribution in [-0.2, 0) is 6.54 Å². The Hall–Kier alpha value is -0.990. The van der Waals surface area contributed by atoms with Gasteiger partial charge in [0, 0.05) is 16.8 Å². The minimum Gasteiger partial charge on any atom is -0.268 e. The lowest BCUT2D eigenvalue weighted by atomic mass is 10.2. The lowest BCUT2D eigenvalue weighted by molar-refractivity contribution is 0.686. The Morgan fingerprint density at radius 3 is 2.75 bits per heavy atom. The summed E-state index contributed by atoms with van der Waals surface area (Å²) in [4.78, 5) is 0. The minimum absolute atomic E-state index is 0.0139. The highest BCUT2D eigenvalue weighted by molar-refractivity contribution is 6.31. The van der Waals surface area contributed by atoms with Crippen LogP contribution < -0.4 is 0 Å². The lowest BCUT2D eigenvalue weighted by Crippen LogP contribution is -2.00. The van der Waals surface area contributed by atoms with Gasteiger partial charge in [-0.2, -0.15) is 5.10 Å². The Morgan fingerprint density at radius 2 is 2.12 bits per heavy atom. The highest BCUT2D eigenvalue weighted by Crippen LogP contribution is 2.20. The van der Waals surface area contributed by atoms with Crippen LogP contribution in [0.3, 0.4) is 0 Å². The summed E-state index contributed by atoms with van der Waals surface area (Å²) in [6, 6.07) is 7.76. The molecule has 0 aliphatic heterocycles. The predicted molar refractivity (Wildman–Crippen MR) is 67.0 cm³/mol. The third-order valence-corrected chi connectivity index (χ3v) is 3.02. The van der Waals surface area contributed by atoms with Gasteiger partial charge in [-0.05, 0) is 18.6 Å². The summed E-state index contributed by atoms with van der Waals surface area (Å²) in [7, 11) is 0. The molecule has 0 fully saturated rings. The van der Waals surface area contributed by atoms with Crippen LogP contribution in [0.2, 0.25) is 5.02 Å². The number of hydrogen-bond donors (Lipinski definition) is 0. The maximum atomic E-state index is 6.08. The van der Waals surface area contributed by atoms with E-state index >= 15 is 0 Å². The lowest BCUT2D eigenvalue weighted by Gasteiger charge is -2.03. The maximum absolute atomic E-state index is 6.08. The molecule has 2 rings (SSSR count). The van der Waals surface area contributed by atoms with Crippen molar-refractivity contribution in [3.05, 3.63) is 52.8 Å². The molecule has 2 aromatic rings. The fourth-order valence-electron chi connectivity index (χ4n) is 1.47. The first-order valence-corrected chi connectivity index (χ1v) is 5.88. The van der Waals surface area contributed by atoms with Crippen molar-refractivity contribution in [3.8, 4) is 0 Å². The summed E-state index contributed by atoms with van der Waals surface area (Å²) >= 11 is 12.0. The number of alkyl halides is 1. The maximum Gasteiger partial charge on any atom is 0.0674 e. The number of nitrogens with zero attached hydrogens (tertiary/aromatic N) is 2. The second-order valence-corrected chi connectivity index (χ2v) is 4.74. The summed E-state index contributed by atoms with van der Waals surface area (Å²) in [5, 5.41) is 5.00. The predicted octanol–water partition coefficient (Wildman–Crippen LogP) is 3.88. The summed E-state index contributed by atoms with van der Waals surface area (Å²) in [6.07, 6.45) is 3.73. The minimum atomic E-state index is -0.0139. The van der Waals surface area contributed by atoms with Crippen molar-refractivity contribution in [1.29, 1.82) is 0 Å². The summed E-state index contributed by atoms with van der Waals surface area (Å²) in [6.45, 7) is 2.60. The first-order valence-electron chi connectivity index (χ1n) is 5.06. The largest absolute Gasteiger partial charge is 0.268 e. The van der Waals surface area contributed by atoms with Crippen molar-refractivity contribution in [2.24, 2.45) is 0 Å². The van der Waals surface area contributed by atoms with Gasteiger partial charge in [-0.15, -0.1) is 11.6 Å². The van der Waals surface area contributed by atoms with E-state index < -0.39 is 0 Å². The normalized spacial score (nSPS) is 12.7. The van der Waals surface area contributed by atoms with E-state index in [-0.39, 0.29) is 5.38 Å². The van der Waals surface area contributed by atoms with Gasteiger partial charge in [0.05, 0.1) is 18.1 Å². The van der Waals surface area contributed by atoms with Gasteiger partial charge in [-0.25, -0.2) is 0 Å². The van der Waals surface area contributed by atoms with Crippen LogP contribution >= 0.6 is 23.2 Å². The van der Waals surface area contributed by atoms with Gasteiger partial charge >= 0.3 is 0 Å². The zero-order chi connectivity index (χ0) is 11.5. The molecule has 1 atom stereocenters. The zero-order valence-corrected chi connectivity index (χ0v) is 10.4. The first kappa shape index (κ1) is 11.5. The van der Waals surface area contributed by atoms with Gasteiger partial charge in [0.2, 0.25) is 0 Å². The van der Waals surface area contributed by atoms with E-state index in [1.807, 2.05) is 42.1 Å². The zero-order valence-electron chi connectivity index (χ0n) is 8.90. The standard InChI is InChI=1S/C12H12Cl2N2/c1-9(13)11-6-15-16(8-11)7-10-4-2-3-5-12(10)14/h2-6,8-9H,7H2,1H3. The molecule has 1 aromatic heterocycles. The molecule has 1 aromatic carbocycles. The SMILES string of the molecule is CC(Cl)c1cnn(Cc2ccccc2Cl)c1. The van der Waals surface area contributed by atoms with Crippen molar-refractivity contribution in [2.75, 3.05) is 0 Å². The van der Waals surface area contributed by atoms with Crippen LogP contribution in [0.25, 0.3) is 0 Å². The Morgan fingerprint density at radius 1 is 1.38 bits per heavy atom. The number of halogens is 2. The molecule has 2 nitrogen and oxygen atoms in total. The van der Waals surface area contributed by atoms with Crippen molar-refractivity contribution >= 4 is 23.2 Å². The van der Waals surface area contributed by atoms with E-state index in [1.165, 1.54) is 0 Å². The smallest absolute Gasteiger partial charge is 0.0674 e.